The molecule has 4 nitrogen and oxygen atoms in total. The average molecular weight is 331 g/mol. The van der Waals surface area contributed by atoms with Crippen molar-refractivity contribution in [3.63, 3.8) is 0 Å². The highest BCUT2D eigenvalue weighted by Gasteiger charge is 2.20. The molecule has 0 fully saturated rings. The van der Waals surface area contributed by atoms with Crippen molar-refractivity contribution in [3.05, 3.63) is 52.8 Å². The van der Waals surface area contributed by atoms with Gasteiger partial charge in [-0.3, -0.25) is 4.90 Å². The number of hydrogen-bond donors (Lipinski definition) is 0. The van der Waals surface area contributed by atoms with Gasteiger partial charge in [0.15, 0.2) is 23.1 Å². The lowest BCUT2D eigenvalue weighted by atomic mass is 9.98. The maximum absolute atomic E-state index is 13.9. The van der Waals surface area contributed by atoms with E-state index in [-0.39, 0.29) is 11.6 Å². The van der Waals surface area contributed by atoms with E-state index >= 15 is 0 Å². The Balaban J connectivity index is 1.76. The number of benzene rings is 2. The van der Waals surface area contributed by atoms with Gasteiger partial charge in [0.1, 0.15) is 0 Å². The van der Waals surface area contributed by atoms with E-state index in [4.69, 9.17) is 14.2 Å². The Hall–Kier alpha value is -2.27. The Labute approximate surface area is 141 Å². The van der Waals surface area contributed by atoms with Crippen LogP contribution in [-0.4, -0.2) is 32.8 Å². The summed E-state index contributed by atoms with van der Waals surface area (Å²) in [4.78, 5) is 2.30. The van der Waals surface area contributed by atoms with Crippen molar-refractivity contribution in [2.75, 3.05) is 27.9 Å². The summed E-state index contributed by atoms with van der Waals surface area (Å²) in [6.07, 6.45) is 0.939. The number of rotatable bonds is 5. The molecule has 0 saturated heterocycles. The highest BCUT2D eigenvalue weighted by molar-refractivity contribution is 5.48. The molecule has 0 saturated carbocycles. The molecule has 0 spiro atoms. The van der Waals surface area contributed by atoms with Crippen molar-refractivity contribution in [3.8, 4) is 17.2 Å². The predicted molar refractivity (Wildman–Crippen MR) is 90.3 cm³/mol. The minimum Gasteiger partial charge on any atom is -0.494 e. The molecule has 2 aromatic rings. The quantitative estimate of drug-likeness (QED) is 0.840. The topological polar surface area (TPSA) is 30.9 Å². The fraction of sp³-hybridized carbons (Fsp3) is 0.368. The first-order chi connectivity index (χ1) is 11.6. The van der Waals surface area contributed by atoms with E-state index in [9.17, 15) is 4.39 Å². The van der Waals surface area contributed by atoms with Gasteiger partial charge in [0.2, 0.25) is 0 Å². The smallest absolute Gasteiger partial charge is 0.165 e. The Morgan fingerprint density at radius 3 is 2.21 bits per heavy atom. The van der Waals surface area contributed by atoms with Gasteiger partial charge in [-0.05, 0) is 47.4 Å². The van der Waals surface area contributed by atoms with Crippen LogP contribution in [-0.2, 0) is 19.5 Å². The number of methoxy groups -OCH3 is 3. The van der Waals surface area contributed by atoms with Gasteiger partial charge in [-0.2, -0.15) is 0 Å². The summed E-state index contributed by atoms with van der Waals surface area (Å²) in [5.41, 5.74) is 3.45. The van der Waals surface area contributed by atoms with Gasteiger partial charge in [-0.15, -0.1) is 0 Å². The second-order valence-electron chi connectivity index (χ2n) is 5.91. The lowest BCUT2D eigenvalue weighted by molar-refractivity contribution is 0.243. The maximum Gasteiger partial charge on any atom is 0.165 e. The van der Waals surface area contributed by atoms with Gasteiger partial charge >= 0.3 is 0 Å². The third kappa shape index (κ3) is 3.31. The average Bonchev–Trinajstić information content (AvgIpc) is 2.60. The van der Waals surface area contributed by atoms with Crippen LogP contribution in [0.3, 0.4) is 0 Å². The molecule has 0 atom stereocenters. The fourth-order valence-corrected chi connectivity index (χ4v) is 3.14. The van der Waals surface area contributed by atoms with Crippen molar-refractivity contribution in [2.45, 2.75) is 19.5 Å². The second-order valence-corrected chi connectivity index (χ2v) is 5.91. The summed E-state index contributed by atoms with van der Waals surface area (Å²) in [6.45, 7) is 2.44. The zero-order chi connectivity index (χ0) is 17.1. The zero-order valence-corrected chi connectivity index (χ0v) is 14.3. The second kappa shape index (κ2) is 7.09. The molecule has 24 heavy (non-hydrogen) atoms. The Bertz CT molecular complexity index is 733. The highest BCUT2D eigenvalue weighted by atomic mass is 19.1. The molecule has 0 amide bonds. The van der Waals surface area contributed by atoms with Crippen LogP contribution in [0.4, 0.5) is 4.39 Å². The number of fused-ring (bicyclic) bond motifs is 1. The first kappa shape index (κ1) is 16.6. The van der Waals surface area contributed by atoms with Crippen LogP contribution in [0.5, 0.6) is 17.2 Å². The lowest BCUT2D eigenvalue weighted by Gasteiger charge is -2.29. The molecule has 3 rings (SSSR count). The molecular formula is C19H22FNO3. The van der Waals surface area contributed by atoms with Gasteiger partial charge in [-0.1, -0.05) is 6.07 Å². The zero-order valence-electron chi connectivity index (χ0n) is 14.3. The number of nitrogens with zero attached hydrogens (tertiary/aromatic N) is 1. The van der Waals surface area contributed by atoms with E-state index in [2.05, 4.69) is 11.0 Å². The minimum absolute atomic E-state index is 0.277. The molecule has 0 aliphatic carbocycles. The third-order valence-corrected chi connectivity index (χ3v) is 4.42. The Morgan fingerprint density at radius 1 is 0.917 bits per heavy atom. The van der Waals surface area contributed by atoms with E-state index in [1.54, 1.807) is 26.4 Å². The molecule has 0 radical (unpaired) electrons. The van der Waals surface area contributed by atoms with Crippen LogP contribution in [0.15, 0.2) is 30.3 Å². The normalized spacial score (nSPS) is 14.2. The van der Waals surface area contributed by atoms with Crippen LogP contribution in [0.25, 0.3) is 0 Å². The van der Waals surface area contributed by atoms with E-state index < -0.39 is 0 Å². The molecule has 0 aromatic heterocycles. The largest absolute Gasteiger partial charge is 0.494 e. The van der Waals surface area contributed by atoms with E-state index in [1.807, 2.05) is 12.1 Å². The number of hydrogen-bond acceptors (Lipinski definition) is 4. The number of halogens is 1. The Kier molecular flexibility index (Phi) is 4.90. The summed E-state index contributed by atoms with van der Waals surface area (Å²) in [5, 5.41) is 0. The molecule has 1 aliphatic heterocycles. The predicted octanol–water partition coefficient (Wildman–Crippen LogP) is 3.41. The Morgan fingerprint density at radius 2 is 1.58 bits per heavy atom. The molecule has 0 N–H and O–H groups in total. The monoisotopic (exact) mass is 331 g/mol. The molecule has 1 heterocycles. The molecule has 2 aromatic carbocycles. The molecule has 1 aliphatic rings. The van der Waals surface area contributed by atoms with Gasteiger partial charge in [0.05, 0.1) is 21.3 Å². The van der Waals surface area contributed by atoms with Gasteiger partial charge in [-0.25, -0.2) is 4.39 Å². The summed E-state index contributed by atoms with van der Waals surface area (Å²) in [7, 11) is 4.77. The lowest BCUT2D eigenvalue weighted by Crippen LogP contribution is -2.30. The summed E-state index contributed by atoms with van der Waals surface area (Å²) >= 11 is 0. The summed E-state index contributed by atoms with van der Waals surface area (Å²) in [6, 6.07) is 9.22. The van der Waals surface area contributed by atoms with Crippen molar-refractivity contribution in [1.29, 1.82) is 0 Å². The third-order valence-electron chi connectivity index (χ3n) is 4.42. The van der Waals surface area contributed by atoms with Crippen molar-refractivity contribution < 1.29 is 18.6 Å². The van der Waals surface area contributed by atoms with E-state index in [1.165, 1.54) is 18.2 Å². The first-order valence-corrected chi connectivity index (χ1v) is 7.93. The van der Waals surface area contributed by atoms with Crippen molar-refractivity contribution in [2.24, 2.45) is 0 Å². The van der Waals surface area contributed by atoms with Crippen molar-refractivity contribution in [1.82, 2.24) is 4.90 Å². The van der Waals surface area contributed by atoms with Gasteiger partial charge in [0.25, 0.3) is 0 Å². The van der Waals surface area contributed by atoms with Crippen LogP contribution in [0, 0.1) is 5.82 Å². The van der Waals surface area contributed by atoms with Gasteiger partial charge < -0.3 is 14.2 Å². The highest BCUT2D eigenvalue weighted by Crippen LogP contribution is 2.33. The minimum atomic E-state index is -0.321. The molecule has 0 bridgehead atoms. The number of ether oxygens (including phenoxy) is 3. The summed E-state index contributed by atoms with van der Waals surface area (Å²) in [5.74, 6) is 1.47. The van der Waals surface area contributed by atoms with Crippen LogP contribution >= 0.6 is 0 Å². The maximum atomic E-state index is 13.9. The van der Waals surface area contributed by atoms with Crippen LogP contribution in [0.1, 0.15) is 16.7 Å². The molecular weight excluding hydrogens is 309 g/mol. The van der Waals surface area contributed by atoms with Gasteiger partial charge in [0, 0.05) is 19.6 Å². The first-order valence-electron chi connectivity index (χ1n) is 7.93. The molecule has 0 unspecified atom stereocenters. The SMILES string of the molecule is COc1ccc(CN2CCc3cc(OC)c(OC)cc3C2)cc1F. The molecule has 128 valence electrons. The standard InChI is InChI=1S/C19H22FNO3/c1-22-17-5-4-13(8-16(17)20)11-21-7-6-14-9-18(23-2)19(24-3)10-15(14)12-21/h4-5,8-10H,6-7,11-12H2,1-3H3. The fourth-order valence-electron chi connectivity index (χ4n) is 3.14. The van der Waals surface area contributed by atoms with Crippen molar-refractivity contribution >= 4 is 0 Å². The van der Waals surface area contributed by atoms with Crippen LogP contribution in [0.2, 0.25) is 0 Å². The van der Waals surface area contributed by atoms with E-state index in [0.717, 1.165) is 36.6 Å². The van der Waals surface area contributed by atoms with E-state index in [0.29, 0.717) is 6.54 Å². The summed E-state index contributed by atoms with van der Waals surface area (Å²) < 4.78 is 29.6. The van der Waals surface area contributed by atoms with Crippen LogP contribution < -0.4 is 14.2 Å². The molecule has 5 heteroatoms.